The molecule has 27 heavy (non-hydrogen) atoms. The summed E-state index contributed by atoms with van der Waals surface area (Å²) < 4.78 is 10.8. The van der Waals surface area contributed by atoms with Crippen LogP contribution in [0, 0.1) is 13.8 Å². The third kappa shape index (κ3) is 4.19. The molecule has 146 valence electrons. The second-order valence-electron chi connectivity index (χ2n) is 7.23. The van der Waals surface area contributed by atoms with Crippen molar-refractivity contribution in [1.82, 2.24) is 5.16 Å². The number of carboxylic acids is 2. The van der Waals surface area contributed by atoms with E-state index in [0.29, 0.717) is 17.7 Å². The van der Waals surface area contributed by atoms with Crippen LogP contribution in [0.5, 0.6) is 0 Å². The maximum absolute atomic E-state index is 11.9. The molecule has 7 heteroatoms. The van der Waals surface area contributed by atoms with Gasteiger partial charge in [0.2, 0.25) is 0 Å². The lowest BCUT2D eigenvalue weighted by atomic mass is 9.91. The highest BCUT2D eigenvalue weighted by molar-refractivity contribution is 6.02. The molecule has 0 aliphatic carbocycles. The SMILES string of the molecule is CCC(C)(C)OC(Cc1ccc(-c2c(C)noc2C)cc1)(C(=O)O)C(=O)O. The van der Waals surface area contributed by atoms with Crippen LogP contribution in [0.3, 0.4) is 0 Å². The van der Waals surface area contributed by atoms with E-state index in [2.05, 4.69) is 5.16 Å². The second kappa shape index (κ2) is 7.52. The van der Waals surface area contributed by atoms with Gasteiger partial charge < -0.3 is 19.5 Å². The van der Waals surface area contributed by atoms with E-state index in [1.807, 2.05) is 20.8 Å². The van der Waals surface area contributed by atoms with Crippen LogP contribution in [0.25, 0.3) is 11.1 Å². The number of nitrogens with zero attached hydrogens (tertiary/aromatic N) is 1. The van der Waals surface area contributed by atoms with Gasteiger partial charge in [-0.2, -0.15) is 0 Å². The van der Waals surface area contributed by atoms with Gasteiger partial charge in [-0.3, -0.25) is 0 Å². The number of rotatable bonds is 8. The van der Waals surface area contributed by atoms with Crippen LogP contribution < -0.4 is 0 Å². The third-order valence-electron chi connectivity index (χ3n) is 4.72. The van der Waals surface area contributed by atoms with Gasteiger partial charge in [0, 0.05) is 12.0 Å². The topological polar surface area (TPSA) is 110 Å². The summed E-state index contributed by atoms with van der Waals surface area (Å²) in [5, 5.41) is 23.3. The minimum atomic E-state index is -2.36. The Labute approximate surface area is 157 Å². The first-order chi connectivity index (χ1) is 12.5. The Morgan fingerprint density at radius 2 is 1.67 bits per heavy atom. The summed E-state index contributed by atoms with van der Waals surface area (Å²) in [6.45, 7) is 8.80. The lowest BCUT2D eigenvalue weighted by molar-refractivity contribution is -0.202. The van der Waals surface area contributed by atoms with E-state index in [0.717, 1.165) is 16.8 Å². The van der Waals surface area contributed by atoms with Gasteiger partial charge in [0.1, 0.15) is 5.76 Å². The van der Waals surface area contributed by atoms with Crippen LogP contribution in [-0.2, 0) is 20.7 Å². The molecule has 2 N–H and O–H groups in total. The first kappa shape index (κ1) is 20.6. The molecule has 0 amide bonds. The predicted octanol–water partition coefficient (Wildman–Crippen LogP) is 3.61. The summed E-state index contributed by atoms with van der Waals surface area (Å²) in [5.41, 5.74) is -0.230. The number of aryl methyl sites for hydroxylation is 2. The van der Waals surface area contributed by atoms with Crippen LogP contribution in [0.2, 0.25) is 0 Å². The van der Waals surface area contributed by atoms with Gasteiger partial charge in [0.15, 0.2) is 0 Å². The maximum Gasteiger partial charge on any atom is 0.348 e. The molecule has 0 bridgehead atoms. The summed E-state index contributed by atoms with van der Waals surface area (Å²) in [6, 6.07) is 6.98. The summed E-state index contributed by atoms with van der Waals surface area (Å²) in [7, 11) is 0. The number of hydrogen-bond donors (Lipinski definition) is 2. The average Bonchev–Trinajstić information content (AvgIpc) is 2.93. The molecule has 0 saturated carbocycles. The zero-order valence-electron chi connectivity index (χ0n) is 16.2. The number of aromatic nitrogens is 1. The van der Waals surface area contributed by atoms with Crippen molar-refractivity contribution >= 4 is 11.9 Å². The van der Waals surface area contributed by atoms with E-state index in [9.17, 15) is 19.8 Å². The standard InChI is InChI=1S/C20H25NO6/c1-6-19(4,5)27-20(17(22)23,18(24)25)11-14-7-9-15(10-8-14)16-12(2)21-26-13(16)3/h7-10H,6,11H2,1-5H3,(H,22,23)(H,24,25). The van der Waals surface area contributed by atoms with Crippen molar-refractivity contribution in [1.29, 1.82) is 0 Å². The fraction of sp³-hybridized carbons (Fsp3) is 0.450. The molecule has 0 unspecified atom stereocenters. The van der Waals surface area contributed by atoms with Crippen molar-refractivity contribution in [2.24, 2.45) is 0 Å². The van der Waals surface area contributed by atoms with E-state index in [4.69, 9.17) is 9.26 Å². The van der Waals surface area contributed by atoms with Crippen molar-refractivity contribution in [3.63, 3.8) is 0 Å². The lowest BCUT2D eigenvalue weighted by Crippen LogP contribution is -2.55. The molecular weight excluding hydrogens is 350 g/mol. The quantitative estimate of drug-likeness (QED) is 0.678. The van der Waals surface area contributed by atoms with E-state index in [-0.39, 0.29) is 6.42 Å². The highest BCUT2D eigenvalue weighted by Crippen LogP contribution is 2.30. The first-order valence-corrected chi connectivity index (χ1v) is 8.71. The van der Waals surface area contributed by atoms with Crippen molar-refractivity contribution in [3.8, 4) is 11.1 Å². The summed E-state index contributed by atoms with van der Waals surface area (Å²) in [6.07, 6.45) is 0.184. The maximum atomic E-state index is 11.9. The molecular formula is C20H25NO6. The molecule has 1 aromatic heterocycles. The van der Waals surface area contributed by atoms with Gasteiger partial charge in [0.25, 0.3) is 5.60 Å². The van der Waals surface area contributed by atoms with Gasteiger partial charge in [0.05, 0.1) is 11.3 Å². The molecule has 0 fully saturated rings. The Balaban J connectivity index is 2.38. The lowest BCUT2D eigenvalue weighted by Gasteiger charge is -2.34. The van der Waals surface area contributed by atoms with E-state index in [1.165, 1.54) is 0 Å². The number of benzene rings is 1. The van der Waals surface area contributed by atoms with Gasteiger partial charge in [-0.25, -0.2) is 9.59 Å². The van der Waals surface area contributed by atoms with Crippen LogP contribution in [0.4, 0.5) is 0 Å². The van der Waals surface area contributed by atoms with Crippen LogP contribution in [0.1, 0.15) is 44.2 Å². The van der Waals surface area contributed by atoms with Crippen LogP contribution in [-0.4, -0.2) is 38.5 Å². The number of hydrogen-bond acceptors (Lipinski definition) is 5. The van der Waals surface area contributed by atoms with Gasteiger partial charge in [-0.05, 0) is 45.2 Å². The molecule has 0 spiro atoms. The summed E-state index contributed by atoms with van der Waals surface area (Å²) in [5.74, 6) is -2.36. The van der Waals surface area contributed by atoms with Crippen LogP contribution in [0.15, 0.2) is 28.8 Å². The molecule has 0 aliphatic heterocycles. The van der Waals surface area contributed by atoms with E-state index >= 15 is 0 Å². The highest BCUT2D eigenvalue weighted by Gasteiger charge is 2.51. The van der Waals surface area contributed by atoms with Crippen molar-refractivity contribution in [2.75, 3.05) is 0 Å². The van der Waals surface area contributed by atoms with E-state index in [1.54, 1.807) is 38.1 Å². The molecule has 0 radical (unpaired) electrons. The monoisotopic (exact) mass is 375 g/mol. The van der Waals surface area contributed by atoms with Gasteiger partial charge >= 0.3 is 11.9 Å². The van der Waals surface area contributed by atoms with E-state index < -0.39 is 23.1 Å². The summed E-state index contributed by atoms with van der Waals surface area (Å²) in [4.78, 5) is 23.8. The Kier molecular flexibility index (Phi) is 5.75. The zero-order valence-corrected chi connectivity index (χ0v) is 16.2. The smallest absolute Gasteiger partial charge is 0.348 e. The fourth-order valence-electron chi connectivity index (χ4n) is 2.88. The fourth-order valence-corrected chi connectivity index (χ4v) is 2.88. The van der Waals surface area contributed by atoms with Crippen molar-refractivity contribution in [2.45, 2.75) is 58.7 Å². The molecule has 0 saturated heterocycles. The predicted molar refractivity (Wildman–Crippen MR) is 98.6 cm³/mol. The summed E-state index contributed by atoms with van der Waals surface area (Å²) >= 11 is 0. The Bertz CT molecular complexity index is 801. The molecule has 1 heterocycles. The molecule has 1 aromatic carbocycles. The largest absolute Gasteiger partial charge is 0.479 e. The van der Waals surface area contributed by atoms with Gasteiger partial charge in [-0.15, -0.1) is 0 Å². The molecule has 2 rings (SSSR count). The number of aliphatic carboxylic acids is 2. The Morgan fingerprint density at radius 1 is 1.11 bits per heavy atom. The second-order valence-corrected chi connectivity index (χ2v) is 7.23. The third-order valence-corrected chi connectivity index (χ3v) is 4.72. The van der Waals surface area contributed by atoms with Crippen molar-refractivity contribution < 1.29 is 29.1 Å². The minimum absolute atomic E-state index is 0.289. The zero-order chi connectivity index (χ0) is 20.4. The normalized spacial score (nSPS) is 12.2. The minimum Gasteiger partial charge on any atom is -0.479 e. The molecule has 0 aliphatic rings. The highest BCUT2D eigenvalue weighted by atomic mass is 16.6. The molecule has 2 aromatic rings. The van der Waals surface area contributed by atoms with Gasteiger partial charge in [-0.1, -0.05) is 36.3 Å². The Hall–Kier alpha value is -2.67. The first-order valence-electron chi connectivity index (χ1n) is 8.71. The number of carbonyl (C=O) groups is 2. The molecule has 0 atom stereocenters. The number of carboxylic acid groups (broad SMARTS) is 2. The average molecular weight is 375 g/mol. The van der Waals surface area contributed by atoms with Crippen LogP contribution >= 0.6 is 0 Å². The van der Waals surface area contributed by atoms with Crippen molar-refractivity contribution in [3.05, 3.63) is 41.3 Å². The molecule has 7 nitrogen and oxygen atoms in total. The number of ether oxygens (including phenoxy) is 1. The Morgan fingerprint density at radius 3 is 2.07 bits per heavy atom.